The van der Waals surface area contributed by atoms with E-state index in [-0.39, 0.29) is 0 Å². The molecule has 2 rings (SSSR count). The van der Waals surface area contributed by atoms with Crippen molar-refractivity contribution in [2.45, 2.75) is 12.6 Å². The Morgan fingerprint density at radius 3 is 2.30 bits per heavy atom. The number of nitrogens with one attached hydrogen (secondary N) is 1. The van der Waals surface area contributed by atoms with Crippen molar-refractivity contribution in [2.75, 3.05) is 12.3 Å². The summed E-state index contributed by atoms with van der Waals surface area (Å²) in [4.78, 5) is 0. The van der Waals surface area contributed by atoms with E-state index in [9.17, 15) is 5.11 Å². The van der Waals surface area contributed by atoms with Crippen molar-refractivity contribution < 1.29 is 5.11 Å². The van der Waals surface area contributed by atoms with Crippen molar-refractivity contribution in [3.8, 4) is 0 Å². The summed E-state index contributed by atoms with van der Waals surface area (Å²) >= 11 is 11.9. The Balaban J connectivity index is 1.93. The van der Waals surface area contributed by atoms with Crippen molar-refractivity contribution in [3.05, 3.63) is 63.6 Å². The fraction of sp³-hybridized carbons (Fsp3) is 0.200. The number of nitrogen functional groups attached to an aromatic ring is 1. The third kappa shape index (κ3) is 3.87. The van der Waals surface area contributed by atoms with Gasteiger partial charge in [-0.15, -0.1) is 0 Å². The van der Waals surface area contributed by atoms with E-state index in [2.05, 4.69) is 5.32 Å². The highest BCUT2D eigenvalue weighted by atomic mass is 35.5. The average molecular weight is 311 g/mol. The molecule has 0 aromatic heterocycles. The zero-order valence-electron chi connectivity index (χ0n) is 10.8. The molecule has 0 amide bonds. The number of aliphatic hydroxyl groups excluding tert-OH is 1. The van der Waals surface area contributed by atoms with Crippen LogP contribution >= 0.6 is 23.2 Å². The van der Waals surface area contributed by atoms with Crippen LogP contribution in [0, 0.1) is 0 Å². The van der Waals surface area contributed by atoms with Crippen molar-refractivity contribution in [1.82, 2.24) is 5.32 Å². The van der Waals surface area contributed by atoms with Crippen LogP contribution in [0.15, 0.2) is 42.5 Å². The molecule has 106 valence electrons. The second kappa shape index (κ2) is 6.95. The highest BCUT2D eigenvalue weighted by molar-refractivity contribution is 6.38. The second-order valence-corrected chi connectivity index (χ2v) is 5.34. The summed E-state index contributed by atoms with van der Waals surface area (Å²) in [5.41, 5.74) is 7.81. The third-order valence-corrected chi connectivity index (χ3v) is 3.62. The van der Waals surface area contributed by atoms with Crippen molar-refractivity contribution >= 4 is 28.9 Å². The number of benzene rings is 2. The van der Waals surface area contributed by atoms with Gasteiger partial charge in [0, 0.05) is 13.1 Å². The fourth-order valence-electron chi connectivity index (χ4n) is 1.86. The van der Waals surface area contributed by atoms with Gasteiger partial charge in [-0.2, -0.15) is 0 Å². The molecule has 3 nitrogen and oxygen atoms in total. The molecule has 2 aromatic rings. The van der Waals surface area contributed by atoms with Crippen LogP contribution in [0.4, 0.5) is 5.69 Å². The Labute approximate surface area is 128 Å². The first-order valence-electron chi connectivity index (χ1n) is 6.25. The fourth-order valence-corrected chi connectivity index (χ4v) is 2.37. The van der Waals surface area contributed by atoms with Crippen molar-refractivity contribution in [3.63, 3.8) is 0 Å². The van der Waals surface area contributed by atoms with Gasteiger partial charge in [-0.1, -0.05) is 53.5 Å². The molecule has 0 bridgehead atoms. The van der Waals surface area contributed by atoms with Gasteiger partial charge in [-0.25, -0.2) is 0 Å². The molecule has 1 atom stereocenters. The molecule has 0 heterocycles. The Morgan fingerprint density at radius 1 is 1.10 bits per heavy atom. The van der Waals surface area contributed by atoms with E-state index in [4.69, 9.17) is 28.9 Å². The van der Waals surface area contributed by atoms with Crippen LogP contribution in [0.1, 0.15) is 17.2 Å². The van der Waals surface area contributed by atoms with E-state index in [0.717, 1.165) is 5.56 Å². The first-order valence-corrected chi connectivity index (χ1v) is 7.00. The molecular formula is C15H16Cl2N2O. The van der Waals surface area contributed by atoms with E-state index in [1.54, 1.807) is 12.1 Å². The van der Waals surface area contributed by atoms with Crippen molar-refractivity contribution in [1.29, 1.82) is 0 Å². The molecule has 0 aliphatic heterocycles. The molecule has 1 unspecified atom stereocenters. The Hall–Kier alpha value is -1.26. The van der Waals surface area contributed by atoms with Gasteiger partial charge >= 0.3 is 0 Å². The minimum absolute atomic E-state index is 0.335. The number of aliphatic hydroxyl groups is 1. The van der Waals surface area contributed by atoms with Gasteiger partial charge in [0.15, 0.2) is 0 Å². The molecule has 0 saturated carbocycles. The van der Waals surface area contributed by atoms with Gasteiger partial charge in [-0.3, -0.25) is 0 Å². The number of hydrogen-bond acceptors (Lipinski definition) is 3. The topological polar surface area (TPSA) is 58.3 Å². The van der Waals surface area contributed by atoms with E-state index >= 15 is 0 Å². The predicted octanol–water partition coefficient (Wildman–Crippen LogP) is 3.40. The Kier molecular flexibility index (Phi) is 5.26. The molecule has 20 heavy (non-hydrogen) atoms. The summed E-state index contributed by atoms with van der Waals surface area (Å²) in [6, 6.07) is 13.2. The lowest BCUT2D eigenvalue weighted by molar-refractivity contribution is 0.174. The quantitative estimate of drug-likeness (QED) is 0.742. The third-order valence-electron chi connectivity index (χ3n) is 3.00. The summed E-state index contributed by atoms with van der Waals surface area (Å²) in [5.74, 6) is 0. The van der Waals surface area contributed by atoms with Crippen LogP contribution in [-0.4, -0.2) is 11.7 Å². The van der Waals surface area contributed by atoms with Crippen LogP contribution in [-0.2, 0) is 6.54 Å². The van der Waals surface area contributed by atoms with Crippen molar-refractivity contribution in [2.24, 2.45) is 0 Å². The van der Waals surface area contributed by atoms with Crippen LogP contribution in [0.3, 0.4) is 0 Å². The van der Waals surface area contributed by atoms with Gasteiger partial charge < -0.3 is 16.2 Å². The molecular weight excluding hydrogens is 295 g/mol. The van der Waals surface area contributed by atoms with Crippen LogP contribution in [0.2, 0.25) is 10.0 Å². The lowest BCUT2D eigenvalue weighted by Crippen LogP contribution is -2.21. The summed E-state index contributed by atoms with van der Waals surface area (Å²) < 4.78 is 0. The molecule has 0 saturated heterocycles. The summed E-state index contributed by atoms with van der Waals surface area (Å²) in [6.07, 6.45) is -0.686. The second-order valence-electron chi connectivity index (χ2n) is 4.53. The predicted molar refractivity (Wildman–Crippen MR) is 84.0 cm³/mol. The number of anilines is 1. The lowest BCUT2D eigenvalue weighted by atomic mass is 10.1. The molecule has 0 aliphatic carbocycles. The Bertz CT molecular complexity index is 552. The molecule has 0 fully saturated rings. The first-order chi connectivity index (χ1) is 9.58. The van der Waals surface area contributed by atoms with E-state index in [0.29, 0.717) is 34.4 Å². The molecule has 2 aromatic carbocycles. The van der Waals surface area contributed by atoms with Gasteiger partial charge in [0.2, 0.25) is 0 Å². The minimum atomic E-state index is -0.686. The SMILES string of the molecule is Nc1c(Cl)cc(C(O)CNCc2ccccc2)cc1Cl. The first kappa shape index (κ1) is 15.1. The monoisotopic (exact) mass is 310 g/mol. The summed E-state index contributed by atoms with van der Waals surface area (Å²) in [6.45, 7) is 1.10. The minimum Gasteiger partial charge on any atom is -0.396 e. The average Bonchev–Trinajstić information content (AvgIpc) is 2.45. The molecule has 0 aliphatic rings. The number of rotatable bonds is 5. The number of hydrogen-bond donors (Lipinski definition) is 3. The van der Waals surface area contributed by atoms with Crippen LogP contribution in [0.25, 0.3) is 0 Å². The van der Waals surface area contributed by atoms with Crippen LogP contribution < -0.4 is 11.1 Å². The van der Waals surface area contributed by atoms with Gasteiger partial charge in [0.05, 0.1) is 21.8 Å². The summed E-state index contributed by atoms with van der Waals surface area (Å²) in [5, 5.41) is 14.0. The van der Waals surface area contributed by atoms with Gasteiger partial charge in [0.25, 0.3) is 0 Å². The highest BCUT2D eigenvalue weighted by Crippen LogP contribution is 2.31. The maximum atomic E-state index is 10.1. The summed E-state index contributed by atoms with van der Waals surface area (Å²) in [7, 11) is 0. The highest BCUT2D eigenvalue weighted by Gasteiger charge is 2.11. The zero-order valence-corrected chi connectivity index (χ0v) is 12.3. The van der Waals surface area contributed by atoms with Crippen LogP contribution in [0.5, 0.6) is 0 Å². The number of halogens is 2. The molecule has 4 N–H and O–H groups in total. The largest absolute Gasteiger partial charge is 0.396 e. The molecule has 5 heteroatoms. The number of nitrogens with two attached hydrogens (primary N) is 1. The molecule has 0 spiro atoms. The smallest absolute Gasteiger partial charge is 0.0915 e. The van der Waals surface area contributed by atoms with E-state index in [1.807, 2.05) is 30.3 Å². The van der Waals surface area contributed by atoms with Gasteiger partial charge in [0.1, 0.15) is 0 Å². The van der Waals surface area contributed by atoms with E-state index < -0.39 is 6.10 Å². The van der Waals surface area contributed by atoms with E-state index in [1.165, 1.54) is 0 Å². The zero-order chi connectivity index (χ0) is 14.5. The maximum absolute atomic E-state index is 10.1. The van der Waals surface area contributed by atoms with Gasteiger partial charge in [-0.05, 0) is 23.3 Å². The molecule has 0 radical (unpaired) electrons. The Morgan fingerprint density at radius 2 is 1.70 bits per heavy atom. The lowest BCUT2D eigenvalue weighted by Gasteiger charge is -2.14. The standard InChI is InChI=1S/C15H16Cl2N2O/c16-12-6-11(7-13(17)15(12)18)14(20)9-19-8-10-4-2-1-3-5-10/h1-7,14,19-20H,8-9,18H2. The maximum Gasteiger partial charge on any atom is 0.0915 e. The normalized spacial score (nSPS) is 12.3.